The molecule has 0 saturated carbocycles. The molecule has 0 spiro atoms. The SMILES string of the molecule is CCCNC(=O)CN1C(=O)N[C@](C)(c2ccc(Cl)cc2)C1=O. The third kappa shape index (κ3) is 3.06. The molecule has 4 amide bonds. The Balaban J connectivity index is 2.17. The first-order valence-electron chi connectivity index (χ1n) is 7.05. The molecule has 0 aliphatic carbocycles. The van der Waals surface area contributed by atoms with Crippen LogP contribution in [-0.2, 0) is 15.1 Å². The maximum absolute atomic E-state index is 12.6. The van der Waals surface area contributed by atoms with Crippen molar-refractivity contribution in [3.05, 3.63) is 34.9 Å². The van der Waals surface area contributed by atoms with Crippen molar-refractivity contribution in [1.29, 1.82) is 0 Å². The lowest BCUT2D eigenvalue weighted by Crippen LogP contribution is -2.43. The van der Waals surface area contributed by atoms with E-state index in [4.69, 9.17) is 11.6 Å². The number of carbonyl (C=O) groups excluding carboxylic acids is 3. The van der Waals surface area contributed by atoms with E-state index < -0.39 is 17.5 Å². The quantitative estimate of drug-likeness (QED) is 0.808. The van der Waals surface area contributed by atoms with E-state index in [1.54, 1.807) is 31.2 Å². The van der Waals surface area contributed by atoms with Crippen LogP contribution in [0.3, 0.4) is 0 Å². The summed E-state index contributed by atoms with van der Waals surface area (Å²) in [5.74, 6) is -0.808. The number of nitrogens with zero attached hydrogens (tertiary/aromatic N) is 1. The Morgan fingerprint density at radius 2 is 1.95 bits per heavy atom. The number of benzene rings is 1. The van der Waals surface area contributed by atoms with Crippen molar-refractivity contribution in [2.75, 3.05) is 13.1 Å². The highest BCUT2D eigenvalue weighted by molar-refractivity contribution is 6.30. The van der Waals surface area contributed by atoms with E-state index >= 15 is 0 Å². The number of nitrogens with one attached hydrogen (secondary N) is 2. The normalized spacial score (nSPS) is 21.0. The number of rotatable bonds is 5. The molecular formula is C15H18ClN3O3. The average Bonchev–Trinajstić information content (AvgIpc) is 2.70. The zero-order valence-electron chi connectivity index (χ0n) is 12.5. The molecule has 1 saturated heterocycles. The molecule has 1 heterocycles. The number of halogens is 1. The lowest BCUT2D eigenvalue weighted by Gasteiger charge is -2.22. The Bertz CT molecular complexity index is 603. The maximum atomic E-state index is 12.6. The minimum atomic E-state index is -1.19. The number of imide groups is 1. The molecule has 2 N–H and O–H groups in total. The number of hydrogen-bond donors (Lipinski definition) is 2. The molecule has 0 bridgehead atoms. The van der Waals surface area contributed by atoms with Gasteiger partial charge in [-0.2, -0.15) is 0 Å². The molecule has 118 valence electrons. The van der Waals surface area contributed by atoms with Crippen LogP contribution < -0.4 is 10.6 Å². The Kier molecular flexibility index (Phi) is 4.71. The largest absolute Gasteiger partial charge is 0.355 e. The highest BCUT2D eigenvalue weighted by Gasteiger charge is 2.49. The van der Waals surface area contributed by atoms with Gasteiger partial charge >= 0.3 is 6.03 Å². The summed E-state index contributed by atoms with van der Waals surface area (Å²) in [4.78, 5) is 37.3. The van der Waals surface area contributed by atoms with Crippen LogP contribution in [0.4, 0.5) is 4.79 Å². The summed E-state index contributed by atoms with van der Waals surface area (Å²) in [6.07, 6.45) is 0.786. The van der Waals surface area contributed by atoms with Gasteiger partial charge in [0.1, 0.15) is 12.1 Å². The van der Waals surface area contributed by atoms with Crippen molar-refractivity contribution >= 4 is 29.4 Å². The molecule has 7 heteroatoms. The van der Waals surface area contributed by atoms with Crippen LogP contribution in [0.25, 0.3) is 0 Å². The lowest BCUT2D eigenvalue weighted by molar-refractivity contribution is -0.134. The Morgan fingerprint density at radius 3 is 2.55 bits per heavy atom. The highest BCUT2D eigenvalue weighted by Crippen LogP contribution is 2.29. The molecule has 6 nitrogen and oxygen atoms in total. The van der Waals surface area contributed by atoms with Crippen molar-refractivity contribution in [3.63, 3.8) is 0 Å². The summed E-state index contributed by atoms with van der Waals surface area (Å²) in [5.41, 5.74) is -0.570. The standard InChI is InChI=1S/C15H18ClN3O3/c1-3-8-17-12(20)9-19-13(21)15(2,18-14(19)22)10-4-6-11(16)7-5-10/h4-7H,3,8-9H2,1-2H3,(H,17,20)(H,18,22)/t15-/m1/s1. The smallest absolute Gasteiger partial charge is 0.325 e. The van der Waals surface area contributed by atoms with Crippen molar-refractivity contribution in [2.24, 2.45) is 0 Å². The van der Waals surface area contributed by atoms with Gasteiger partial charge in [0, 0.05) is 11.6 Å². The predicted octanol–water partition coefficient (Wildman–Crippen LogP) is 1.63. The summed E-state index contributed by atoms with van der Waals surface area (Å²) in [6, 6.07) is 6.09. The molecule has 0 unspecified atom stereocenters. The fourth-order valence-corrected chi connectivity index (χ4v) is 2.41. The van der Waals surface area contributed by atoms with Crippen molar-refractivity contribution in [2.45, 2.75) is 25.8 Å². The second-order valence-electron chi connectivity index (χ2n) is 5.30. The van der Waals surface area contributed by atoms with Gasteiger partial charge in [-0.25, -0.2) is 4.79 Å². The highest BCUT2D eigenvalue weighted by atomic mass is 35.5. The molecule has 2 rings (SSSR count). The van der Waals surface area contributed by atoms with Crippen LogP contribution in [0.1, 0.15) is 25.8 Å². The minimum absolute atomic E-state index is 0.284. The second kappa shape index (κ2) is 6.36. The summed E-state index contributed by atoms with van der Waals surface area (Å²) in [6.45, 7) is 3.76. The van der Waals surface area contributed by atoms with Gasteiger partial charge in [0.05, 0.1) is 0 Å². The minimum Gasteiger partial charge on any atom is -0.355 e. The predicted molar refractivity (Wildman–Crippen MR) is 82.3 cm³/mol. The fraction of sp³-hybridized carbons (Fsp3) is 0.400. The molecule has 0 radical (unpaired) electrons. The second-order valence-corrected chi connectivity index (χ2v) is 5.74. The van der Waals surface area contributed by atoms with E-state index in [0.717, 1.165) is 11.3 Å². The third-order valence-corrected chi connectivity index (χ3v) is 3.82. The molecule has 1 aromatic carbocycles. The lowest BCUT2D eigenvalue weighted by atomic mass is 9.92. The van der Waals surface area contributed by atoms with Crippen molar-refractivity contribution in [1.82, 2.24) is 15.5 Å². The van der Waals surface area contributed by atoms with E-state index in [9.17, 15) is 14.4 Å². The molecule has 1 aromatic rings. The molecular weight excluding hydrogens is 306 g/mol. The number of carbonyl (C=O) groups is 3. The van der Waals surface area contributed by atoms with Gasteiger partial charge < -0.3 is 10.6 Å². The Morgan fingerprint density at radius 1 is 1.32 bits per heavy atom. The van der Waals surface area contributed by atoms with Gasteiger partial charge in [-0.1, -0.05) is 30.7 Å². The van der Waals surface area contributed by atoms with Crippen LogP contribution in [-0.4, -0.2) is 35.8 Å². The van der Waals surface area contributed by atoms with Gasteiger partial charge in [-0.05, 0) is 31.0 Å². The molecule has 0 aromatic heterocycles. The van der Waals surface area contributed by atoms with Gasteiger partial charge in [0.15, 0.2) is 0 Å². The molecule has 1 aliphatic heterocycles. The zero-order chi connectivity index (χ0) is 16.3. The van der Waals surface area contributed by atoms with E-state index in [1.165, 1.54) is 0 Å². The van der Waals surface area contributed by atoms with Gasteiger partial charge in [-0.3, -0.25) is 14.5 Å². The Labute approximate surface area is 133 Å². The maximum Gasteiger partial charge on any atom is 0.325 e. The molecule has 1 fully saturated rings. The monoisotopic (exact) mass is 323 g/mol. The Hall–Kier alpha value is -2.08. The van der Waals surface area contributed by atoms with Gasteiger partial charge in [0.2, 0.25) is 5.91 Å². The first kappa shape index (κ1) is 16.3. The third-order valence-electron chi connectivity index (χ3n) is 3.57. The molecule has 22 heavy (non-hydrogen) atoms. The van der Waals surface area contributed by atoms with Crippen LogP contribution in [0, 0.1) is 0 Å². The van der Waals surface area contributed by atoms with E-state index in [2.05, 4.69) is 10.6 Å². The van der Waals surface area contributed by atoms with Crippen LogP contribution in [0.2, 0.25) is 5.02 Å². The van der Waals surface area contributed by atoms with Gasteiger partial charge in [-0.15, -0.1) is 0 Å². The fourth-order valence-electron chi connectivity index (χ4n) is 2.28. The summed E-state index contributed by atoms with van der Waals surface area (Å²) >= 11 is 5.84. The average molecular weight is 324 g/mol. The van der Waals surface area contributed by atoms with E-state index in [0.29, 0.717) is 17.1 Å². The molecule has 1 aliphatic rings. The summed E-state index contributed by atoms with van der Waals surface area (Å²) in [7, 11) is 0. The summed E-state index contributed by atoms with van der Waals surface area (Å²) < 4.78 is 0. The van der Waals surface area contributed by atoms with Crippen LogP contribution in [0.15, 0.2) is 24.3 Å². The van der Waals surface area contributed by atoms with Crippen molar-refractivity contribution in [3.8, 4) is 0 Å². The van der Waals surface area contributed by atoms with Gasteiger partial charge in [0.25, 0.3) is 5.91 Å². The topological polar surface area (TPSA) is 78.5 Å². The number of hydrogen-bond acceptors (Lipinski definition) is 3. The number of urea groups is 1. The zero-order valence-corrected chi connectivity index (χ0v) is 13.2. The van der Waals surface area contributed by atoms with E-state index in [1.807, 2.05) is 6.92 Å². The van der Waals surface area contributed by atoms with Crippen molar-refractivity contribution < 1.29 is 14.4 Å². The van der Waals surface area contributed by atoms with E-state index in [-0.39, 0.29) is 12.5 Å². The first-order chi connectivity index (χ1) is 10.4. The molecule has 1 atom stereocenters. The number of amides is 4. The first-order valence-corrected chi connectivity index (χ1v) is 7.43. The van der Waals surface area contributed by atoms with Crippen LogP contribution >= 0.6 is 11.6 Å². The summed E-state index contributed by atoms with van der Waals surface area (Å²) in [5, 5.41) is 5.83. The van der Waals surface area contributed by atoms with Crippen LogP contribution in [0.5, 0.6) is 0 Å².